The summed E-state index contributed by atoms with van der Waals surface area (Å²) in [6.07, 6.45) is 0. The van der Waals surface area contributed by atoms with Gasteiger partial charge in [-0.05, 0) is 49.2 Å². The molecule has 0 bridgehead atoms. The molecule has 2 aromatic heterocycles. The van der Waals surface area contributed by atoms with Gasteiger partial charge in [-0.15, -0.1) is 11.3 Å². The maximum Gasteiger partial charge on any atom is 0.143 e. The molecule has 3 nitrogen and oxygen atoms in total. The second-order valence-electron chi connectivity index (χ2n) is 6.95. The number of aryl methyl sites for hydroxylation is 2. The molecule has 0 atom stereocenters. The fraction of sp³-hybridized carbons (Fsp3) is 0.0833. The number of aromatic nitrogens is 2. The highest BCUT2D eigenvalue weighted by molar-refractivity contribution is 7.21. The molecule has 0 radical (unpaired) electrons. The third-order valence-corrected chi connectivity index (χ3v) is 6.03. The van der Waals surface area contributed by atoms with E-state index in [0.29, 0.717) is 0 Å². The number of thiazole rings is 1. The molecule has 1 N–H and O–H groups in total. The molecule has 0 unspecified atom stereocenters. The van der Waals surface area contributed by atoms with Crippen LogP contribution in [0.15, 0.2) is 72.8 Å². The summed E-state index contributed by atoms with van der Waals surface area (Å²) < 4.78 is 1.18. The van der Waals surface area contributed by atoms with Gasteiger partial charge < -0.3 is 5.32 Å². The van der Waals surface area contributed by atoms with Gasteiger partial charge in [-0.3, -0.25) is 0 Å². The highest BCUT2D eigenvalue weighted by Crippen LogP contribution is 2.33. The number of pyridine rings is 1. The quantitative estimate of drug-likeness (QED) is 0.370. The molecule has 0 aliphatic rings. The lowest BCUT2D eigenvalue weighted by molar-refractivity contribution is 1.34. The van der Waals surface area contributed by atoms with E-state index in [-0.39, 0.29) is 0 Å². The first kappa shape index (κ1) is 16.9. The Kier molecular flexibility index (Phi) is 4.06. The van der Waals surface area contributed by atoms with Crippen molar-refractivity contribution in [3.63, 3.8) is 0 Å². The standard InChI is InChI=1S/C24H19N3S/c1-15-7-5-8-16(2)22(15)25-19-11-6-9-17-13-14-20(26-23(17)19)24-27-18-10-3-4-12-21(18)28-24/h3-14,25H,1-2H3. The van der Waals surface area contributed by atoms with Crippen molar-refractivity contribution in [2.45, 2.75) is 13.8 Å². The summed E-state index contributed by atoms with van der Waals surface area (Å²) in [5, 5.41) is 5.67. The van der Waals surface area contributed by atoms with Crippen molar-refractivity contribution in [1.82, 2.24) is 9.97 Å². The zero-order valence-corrected chi connectivity index (χ0v) is 16.5. The maximum atomic E-state index is 4.98. The molecule has 136 valence electrons. The molecule has 3 aromatic carbocycles. The molecule has 5 aromatic rings. The van der Waals surface area contributed by atoms with Crippen LogP contribution >= 0.6 is 11.3 Å². The second-order valence-corrected chi connectivity index (χ2v) is 7.98. The van der Waals surface area contributed by atoms with Crippen molar-refractivity contribution in [2.75, 3.05) is 5.32 Å². The van der Waals surface area contributed by atoms with Gasteiger partial charge in [-0.2, -0.15) is 0 Å². The predicted molar refractivity (Wildman–Crippen MR) is 120 cm³/mol. The molecule has 0 aliphatic heterocycles. The minimum atomic E-state index is 0.907. The SMILES string of the molecule is Cc1cccc(C)c1Nc1cccc2ccc(-c3nc4ccccc4s3)nc12. The van der Waals surface area contributed by atoms with Crippen molar-refractivity contribution in [3.05, 3.63) is 83.9 Å². The van der Waals surface area contributed by atoms with Gasteiger partial charge in [0.25, 0.3) is 0 Å². The van der Waals surface area contributed by atoms with Crippen molar-refractivity contribution in [1.29, 1.82) is 0 Å². The molecule has 0 fully saturated rings. The van der Waals surface area contributed by atoms with Crippen LogP contribution in [0.25, 0.3) is 31.8 Å². The number of hydrogen-bond donors (Lipinski definition) is 1. The van der Waals surface area contributed by atoms with Gasteiger partial charge in [0.15, 0.2) is 0 Å². The van der Waals surface area contributed by atoms with Crippen LogP contribution in [0.5, 0.6) is 0 Å². The van der Waals surface area contributed by atoms with Crippen LogP contribution < -0.4 is 5.32 Å². The molecule has 0 aliphatic carbocycles. The Balaban J connectivity index is 1.63. The normalized spacial score (nSPS) is 11.2. The van der Waals surface area contributed by atoms with Crippen molar-refractivity contribution < 1.29 is 0 Å². The molecule has 0 saturated heterocycles. The van der Waals surface area contributed by atoms with E-state index in [0.717, 1.165) is 38.5 Å². The van der Waals surface area contributed by atoms with Gasteiger partial charge in [0.2, 0.25) is 0 Å². The monoisotopic (exact) mass is 381 g/mol. The lowest BCUT2D eigenvalue weighted by Gasteiger charge is -2.14. The summed E-state index contributed by atoms with van der Waals surface area (Å²) in [5.41, 5.74) is 7.48. The Hall–Kier alpha value is -3.24. The zero-order chi connectivity index (χ0) is 19.1. The molecule has 0 spiro atoms. The number of nitrogens with zero attached hydrogens (tertiary/aromatic N) is 2. The number of nitrogens with one attached hydrogen (secondary N) is 1. The van der Waals surface area contributed by atoms with Gasteiger partial charge in [0.05, 0.1) is 27.1 Å². The highest BCUT2D eigenvalue weighted by Gasteiger charge is 2.11. The Morgan fingerprint density at radius 3 is 2.36 bits per heavy atom. The highest BCUT2D eigenvalue weighted by atomic mass is 32.1. The molecule has 5 rings (SSSR count). The summed E-state index contributed by atoms with van der Waals surface area (Å²) in [6, 6.07) is 25.0. The number of anilines is 2. The molecule has 0 saturated carbocycles. The Morgan fingerprint density at radius 2 is 1.54 bits per heavy atom. The van der Waals surface area contributed by atoms with E-state index in [9.17, 15) is 0 Å². The van der Waals surface area contributed by atoms with Gasteiger partial charge in [0.1, 0.15) is 5.01 Å². The van der Waals surface area contributed by atoms with E-state index < -0.39 is 0 Å². The van der Waals surface area contributed by atoms with Crippen LogP contribution in [-0.4, -0.2) is 9.97 Å². The van der Waals surface area contributed by atoms with Crippen LogP contribution in [-0.2, 0) is 0 Å². The number of fused-ring (bicyclic) bond motifs is 2. The fourth-order valence-electron chi connectivity index (χ4n) is 3.50. The van der Waals surface area contributed by atoms with Gasteiger partial charge >= 0.3 is 0 Å². The minimum Gasteiger partial charge on any atom is -0.353 e. The van der Waals surface area contributed by atoms with Crippen LogP contribution in [0.1, 0.15) is 11.1 Å². The molecular formula is C24H19N3S. The fourth-order valence-corrected chi connectivity index (χ4v) is 4.43. The molecule has 0 amide bonds. The van der Waals surface area contributed by atoms with Crippen molar-refractivity contribution in [3.8, 4) is 10.7 Å². The zero-order valence-electron chi connectivity index (χ0n) is 15.7. The van der Waals surface area contributed by atoms with Gasteiger partial charge in [-0.1, -0.05) is 48.5 Å². The lowest BCUT2D eigenvalue weighted by atomic mass is 10.1. The third kappa shape index (κ3) is 2.92. The topological polar surface area (TPSA) is 37.8 Å². The summed E-state index contributed by atoms with van der Waals surface area (Å²) in [6.45, 7) is 4.25. The smallest absolute Gasteiger partial charge is 0.143 e. The summed E-state index contributed by atoms with van der Waals surface area (Å²) >= 11 is 1.68. The number of benzene rings is 3. The van der Waals surface area contributed by atoms with E-state index in [1.807, 2.05) is 18.2 Å². The first-order valence-electron chi connectivity index (χ1n) is 9.28. The maximum absolute atomic E-state index is 4.98. The van der Waals surface area contributed by atoms with E-state index >= 15 is 0 Å². The molecule has 4 heteroatoms. The number of para-hydroxylation sites is 3. The summed E-state index contributed by atoms with van der Waals surface area (Å²) in [5.74, 6) is 0. The average molecular weight is 382 g/mol. The minimum absolute atomic E-state index is 0.907. The predicted octanol–water partition coefficient (Wildman–Crippen LogP) is 6.87. The largest absolute Gasteiger partial charge is 0.353 e. The van der Waals surface area contributed by atoms with Crippen molar-refractivity contribution in [2.24, 2.45) is 0 Å². The van der Waals surface area contributed by atoms with E-state index in [1.54, 1.807) is 11.3 Å². The summed E-state index contributed by atoms with van der Waals surface area (Å²) in [4.78, 5) is 9.75. The molecular weight excluding hydrogens is 362 g/mol. The van der Waals surface area contributed by atoms with Crippen LogP contribution in [0, 0.1) is 13.8 Å². The summed E-state index contributed by atoms with van der Waals surface area (Å²) in [7, 11) is 0. The molecule has 2 heterocycles. The van der Waals surface area contributed by atoms with E-state index in [1.165, 1.54) is 15.8 Å². The van der Waals surface area contributed by atoms with Gasteiger partial charge in [-0.25, -0.2) is 9.97 Å². The van der Waals surface area contributed by atoms with Gasteiger partial charge in [0, 0.05) is 11.1 Å². The average Bonchev–Trinajstić information content (AvgIpc) is 3.15. The first-order valence-corrected chi connectivity index (χ1v) is 10.1. The van der Waals surface area contributed by atoms with Crippen molar-refractivity contribution >= 4 is 43.8 Å². The number of rotatable bonds is 3. The Labute approximate surface area is 167 Å². The van der Waals surface area contributed by atoms with E-state index in [4.69, 9.17) is 9.97 Å². The first-order chi connectivity index (χ1) is 13.7. The number of hydrogen-bond acceptors (Lipinski definition) is 4. The lowest BCUT2D eigenvalue weighted by Crippen LogP contribution is -1.98. The molecule has 28 heavy (non-hydrogen) atoms. The van der Waals surface area contributed by atoms with Crippen LogP contribution in [0.2, 0.25) is 0 Å². The van der Waals surface area contributed by atoms with Crippen LogP contribution in [0.3, 0.4) is 0 Å². The second kappa shape index (κ2) is 6.73. The van der Waals surface area contributed by atoms with E-state index in [2.05, 4.69) is 73.8 Å². The Morgan fingerprint density at radius 1 is 0.750 bits per heavy atom. The third-order valence-electron chi connectivity index (χ3n) is 4.97. The Bertz CT molecular complexity index is 1270. The van der Waals surface area contributed by atoms with Crippen LogP contribution in [0.4, 0.5) is 11.4 Å².